The molecule has 1 heterocycles. The molecule has 1 aromatic carbocycles. The van der Waals surface area contributed by atoms with E-state index in [0.29, 0.717) is 12.1 Å². The molecule has 0 spiro atoms. The van der Waals surface area contributed by atoms with Crippen LogP contribution in [0.15, 0.2) is 29.3 Å². The number of nitrogens with one attached hydrogen (secondary N) is 1. The van der Waals surface area contributed by atoms with Crippen LogP contribution in [0.25, 0.3) is 0 Å². The molecule has 0 fully saturated rings. The molecule has 4 nitrogen and oxygen atoms in total. The molecule has 16 heavy (non-hydrogen) atoms. The smallest absolute Gasteiger partial charge is 0.230 e. The van der Waals surface area contributed by atoms with Gasteiger partial charge in [0.1, 0.15) is 0 Å². The molecule has 0 unspecified atom stereocenters. The summed E-state index contributed by atoms with van der Waals surface area (Å²) in [6, 6.07) is 7.39. The van der Waals surface area contributed by atoms with Crippen molar-refractivity contribution in [2.75, 3.05) is 18.0 Å². The number of hydrogen-bond acceptors (Lipinski definition) is 4. The molecule has 1 aliphatic heterocycles. The molecule has 1 amide bonds. The zero-order valence-electron chi connectivity index (χ0n) is 8.77. The number of aliphatic imine (C=N–C) groups is 1. The van der Waals surface area contributed by atoms with Gasteiger partial charge in [0, 0.05) is 11.4 Å². The summed E-state index contributed by atoms with van der Waals surface area (Å²) in [7, 11) is 0. The second-order valence-corrected chi connectivity index (χ2v) is 4.54. The monoisotopic (exact) mass is 235 g/mol. The van der Waals surface area contributed by atoms with Crippen molar-refractivity contribution in [1.29, 1.82) is 0 Å². The summed E-state index contributed by atoms with van der Waals surface area (Å²) in [4.78, 5) is 15.8. The lowest BCUT2D eigenvalue weighted by atomic mass is 10.1. The van der Waals surface area contributed by atoms with Crippen molar-refractivity contribution in [3.05, 3.63) is 29.8 Å². The van der Waals surface area contributed by atoms with Gasteiger partial charge in [-0.2, -0.15) is 0 Å². The number of anilines is 1. The summed E-state index contributed by atoms with van der Waals surface area (Å²) < 4.78 is 0. The van der Waals surface area contributed by atoms with Gasteiger partial charge in [0.2, 0.25) is 5.91 Å². The van der Waals surface area contributed by atoms with E-state index in [1.165, 1.54) is 0 Å². The van der Waals surface area contributed by atoms with E-state index < -0.39 is 0 Å². The van der Waals surface area contributed by atoms with Crippen molar-refractivity contribution < 1.29 is 4.79 Å². The molecule has 0 saturated heterocycles. The summed E-state index contributed by atoms with van der Waals surface area (Å²) in [6.45, 7) is 0.785. The number of nitrogen functional groups attached to an aromatic ring is 1. The Balaban J connectivity index is 1.94. The van der Waals surface area contributed by atoms with Crippen LogP contribution in [0.4, 0.5) is 5.69 Å². The first-order chi connectivity index (χ1) is 7.75. The van der Waals surface area contributed by atoms with Gasteiger partial charge in [0.05, 0.1) is 13.0 Å². The maximum atomic E-state index is 11.7. The Hall–Kier alpha value is -1.49. The molecule has 0 aliphatic carbocycles. The lowest BCUT2D eigenvalue weighted by molar-refractivity contribution is -0.118. The number of para-hydroxylation sites is 1. The van der Waals surface area contributed by atoms with Gasteiger partial charge in [-0.1, -0.05) is 30.0 Å². The van der Waals surface area contributed by atoms with E-state index in [9.17, 15) is 4.79 Å². The van der Waals surface area contributed by atoms with Gasteiger partial charge in [-0.05, 0) is 11.6 Å². The maximum Gasteiger partial charge on any atom is 0.230 e. The quantitative estimate of drug-likeness (QED) is 0.752. The minimum atomic E-state index is -0.0638. The third kappa shape index (κ3) is 2.76. The van der Waals surface area contributed by atoms with Crippen LogP contribution in [0.5, 0.6) is 0 Å². The van der Waals surface area contributed by atoms with E-state index in [0.717, 1.165) is 23.0 Å². The second kappa shape index (κ2) is 5.03. The standard InChI is InChI=1S/C11H13N3OS/c12-9-4-2-1-3-8(9)7-10(15)14-11-13-5-6-16-11/h1-4H,5-7,12H2,(H,13,14,15). The summed E-state index contributed by atoms with van der Waals surface area (Å²) in [6.07, 6.45) is 0.298. The highest BCUT2D eigenvalue weighted by Gasteiger charge is 2.11. The molecule has 84 valence electrons. The van der Waals surface area contributed by atoms with Crippen LogP contribution < -0.4 is 11.1 Å². The molecule has 0 atom stereocenters. The van der Waals surface area contributed by atoms with Gasteiger partial charge in [0.25, 0.3) is 0 Å². The molecule has 0 saturated carbocycles. The number of nitrogens with two attached hydrogens (primary N) is 1. The van der Waals surface area contributed by atoms with Crippen molar-refractivity contribution in [3.8, 4) is 0 Å². The average molecular weight is 235 g/mol. The van der Waals surface area contributed by atoms with E-state index >= 15 is 0 Å². The average Bonchev–Trinajstić information content (AvgIpc) is 2.74. The zero-order valence-corrected chi connectivity index (χ0v) is 9.59. The third-order valence-corrected chi connectivity index (χ3v) is 3.13. The Kier molecular flexibility index (Phi) is 3.46. The van der Waals surface area contributed by atoms with Crippen LogP contribution >= 0.6 is 11.8 Å². The highest BCUT2D eigenvalue weighted by Crippen LogP contribution is 2.12. The number of benzene rings is 1. The highest BCUT2D eigenvalue weighted by atomic mass is 32.2. The van der Waals surface area contributed by atoms with Gasteiger partial charge in [0.15, 0.2) is 5.17 Å². The van der Waals surface area contributed by atoms with Crippen LogP contribution in [0.2, 0.25) is 0 Å². The SMILES string of the molecule is Nc1ccccc1CC(=O)NC1=NCCS1. The fraction of sp³-hybridized carbons (Fsp3) is 0.273. The molecule has 2 rings (SSSR count). The van der Waals surface area contributed by atoms with Crippen molar-refractivity contribution in [3.63, 3.8) is 0 Å². The molecular formula is C11H13N3OS. The fourth-order valence-electron chi connectivity index (χ4n) is 1.44. The van der Waals surface area contributed by atoms with Crippen molar-refractivity contribution in [2.45, 2.75) is 6.42 Å². The fourth-order valence-corrected chi connectivity index (χ4v) is 2.19. The number of rotatable bonds is 2. The third-order valence-electron chi connectivity index (χ3n) is 2.24. The number of thioether (sulfide) groups is 1. The Morgan fingerprint density at radius 1 is 1.50 bits per heavy atom. The van der Waals surface area contributed by atoms with E-state index in [1.807, 2.05) is 18.2 Å². The summed E-state index contributed by atoms with van der Waals surface area (Å²) in [5, 5.41) is 3.49. The largest absolute Gasteiger partial charge is 0.398 e. The number of amides is 1. The molecular weight excluding hydrogens is 222 g/mol. The molecule has 1 aromatic rings. The second-order valence-electron chi connectivity index (χ2n) is 3.46. The van der Waals surface area contributed by atoms with Gasteiger partial charge >= 0.3 is 0 Å². The normalized spacial score (nSPS) is 14.6. The minimum Gasteiger partial charge on any atom is -0.398 e. The Bertz CT molecular complexity index is 431. The van der Waals surface area contributed by atoms with E-state index in [2.05, 4.69) is 10.3 Å². The molecule has 0 bridgehead atoms. The Labute approximate surface area is 98.3 Å². The lowest BCUT2D eigenvalue weighted by Gasteiger charge is -2.06. The first kappa shape index (κ1) is 11.0. The van der Waals surface area contributed by atoms with Gasteiger partial charge in [-0.3, -0.25) is 9.79 Å². The van der Waals surface area contributed by atoms with Crippen molar-refractivity contribution in [1.82, 2.24) is 5.32 Å². The molecule has 0 radical (unpaired) electrons. The predicted octanol–water partition coefficient (Wildman–Crippen LogP) is 1.03. The first-order valence-electron chi connectivity index (χ1n) is 5.06. The van der Waals surface area contributed by atoms with Gasteiger partial charge < -0.3 is 11.1 Å². The van der Waals surface area contributed by atoms with Gasteiger partial charge in [-0.15, -0.1) is 0 Å². The van der Waals surface area contributed by atoms with E-state index in [-0.39, 0.29) is 5.91 Å². The number of carbonyl (C=O) groups excluding carboxylic acids is 1. The van der Waals surface area contributed by atoms with E-state index in [4.69, 9.17) is 5.73 Å². The minimum absolute atomic E-state index is 0.0638. The molecule has 0 aromatic heterocycles. The maximum absolute atomic E-state index is 11.7. The number of hydrogen-bond donors (Lipinski definition) is 2. The van der Waals surface area contributed by atoms with Crippen LogP contribution in [0.3, 0.4) is 0 Å². The van der Waals surface area contributed by atoms with E-state index in [1.54, 1.807) is 17.8 Å². The number of nitrogens with zero attached hydrogens (tertiary/aromatic N) is 1. The van der Waals surface area contributed by atoms with Crippen LogP contribution in [-0.2, 0) is 11.2 Å². The Morgan fingerprint density at radius 2 is 2.31 bits per heavy atom. The predicted molar refractivity (Wildman–Crippen MR) is 67.5 cm³/mol. The summed E-state index contributed by atoms with van der Waals surface area (Å²) >= 11 is 1.57. The van der Waals surface area contributed by atoms with Crippen LogP contribution in [0.1, 0.15) is 5.56 Å². The summed E-state index contributed by atoms with van der Waals surface area (Å²) in [5.41, 5.74) is 7.26. The van der Waals surface area contributed by atoms with Crippen LogP contribution in [0, 0.1) is 0 Å². The summed E-state index contributed by atoms with van der Waals surface area (Å²) in [5.74, 6) is 0.884. The number of carbonyl (C=O) groups is 1. The highest BCUT2D eigenvalue weighted by molar-refractivity contribution is 8.14. The molecule has 3 N–H and O–H groups in total. The molecule has 1 aliphatic rings. The zero-order chi connectivity index (χ0) is 11.4. The molecule has 5 heteroatoms. The Morgan fingerprint density at radius 3 is 3.00 bits per heavy atom. The van der Waals surface area contributed by atoms with Crippen molar-refractivity contribution in [2.24, 2.45) is 4.99 Å². The number of amidine groups is 1. The van der Waals surface area contributed by atoms with Gasteiger partial charge in [-0.25, -0.2) is 0 Å². The topological polar surface area (TPSA) is 67.5 Å². The lowest BCUT2D eigenvalue weighted by Crippen LogP contribution is -2.29. The van der Waals surface area contributed by atoms with Crippen LogP contribution in [-0.4, -0.2) is 23.4 Å². The first-order valence-corrected chi connectivity index (χ1v) is 6.05. The van der Waals surface area contributed by atoms with Crippen molar-refractivity contribution >= 4 is 28.5 Å².